The molecule has 3 rings (SSSR count). The van der Waals surface area contributed by atoms with Gasteiger partial charge in [0.05, 0.1) is 16.7 Å². The molecule has 2 aliphatic heterocycles. The Bertz CT molecular complexity index is 995. The van der Waals surface area contributed by atoms with Crippen LogP contribution in [0, 0.1) is 0 Å². The van der Waals surface area contributed by atoms with E-state index in [2.05, 4.69) is 19.2 Å². The summed E-state index contributed by atoms with van der Waals surface area (Å²) in [5, 5.41) is 3.76. The number of sulfone groups is 1. The molecule has 1 N–H and O–H groups in total. The van der Waals surface area contributed by atoms with E-state index in [1.165, 1.54) is 28.3 Å². The third-order valence-electron chi connectivity index (χ3n) is 4.61. The molecule has 0 radical (unpaired) electrons. The summed E-state index contributed by atoms with van der Waals surface area (Å²) < 4.78 is 23.2. The van der Waals surface area contributed by atoms with Crippen LogP contribution >= 0.6 is 24.0 Å². The van der Waals surface area contributed by atoms with E-state index in [4.69, 9.17) is 12.2 Å². The Hall–Kier alpha value is -1.97. The lowest BCUT2D eigenvalue weighted by Crippen LogP contribution is -2.38. The fourth-order valence-corrected chi connectivity index (χ4v) is 5.52. The first-order valence-electron chi connectivity index (χ1n) is 9.20. The van der Waals surface area contributed by atoms with Gasteiger partial charge in [-0.15, -0.1) is 0 Å². The molecule has 154 valence electrons. The molecule has 0 bridgehead atoms. The summed E-state index contributed by atoms with van der Waals surface area (Å²) in [7, 11) is -3.23. The Morgan fingerprint density at radius 1 is 1.34 bits per heavy atom. The summed E-state index contributed by atoms with van der Waals surface area (Å²) in [6.07, 6.45) is 3.31. The number of hydrogen-bond donors (Lipinski definition) is 1. The topological polar surface area (TPSA) is 83.6 Å². The number of carbonyl (C=O) groups is 2. The average Bonchev–Trinajstić information content (AvgIpc) is 3.12. The molecule has 2 aliphatic rings. The van der Waals surface area contributed by atoms with E-state index in [1.54, 1.807) is 6.08 Å². The van der Waals surface area contributed by atoms with Gasteiger partial charge in [-0.2, -0.15) is 0 Å². The van der Waals surface area contributed by atoms with Gasteiger partial charge in [-0.3, -0.25) is 14.5 Å². The van der Waals surface area contributed by atoms with E-state index >= 15 is 0 Å². The second-order valence-corrected chi connectivity index (χ2v) is 10.8. The van der Waals surface area contributed by atoms with Gasteiger partial charge in [0.1, 0.15) is 4.32 Å². The van der Waals surface area contributed by atoms with E-state index in [0.717, 1.165) is 11.0 Å². The van der Waals surface area contributed by atoms with Crippen LogP contribution in [0.3, 0.4) is 0 Å². The third kappa shape index (κ3) is 5.55. The first-order valence-corrected chi connectivity index (χ1v) is 12.1. The fourth-order valence-electron chi connectivity index (χ4n) is 2.98. The van der Waals surface area contributed by atoms with Crippen molar-refractivity contribution in [2.24, 2.45) is 0 Å². The SMILES string of the molecule is CC(C)c1ccc(/C=C2\SC(=S)N(CCC(=O)N[C@H]3C=CS(=O)(=O)C3)C2=O)cc1. The highest BCUT2D eigenvalue weighted by Crippen LogP contribution is 2.32. The van der Waals surface area contributed by atoms with Crippen molar-refractivity contribution in [3.8, 4) is 0 Å². The van der Waals surface area contributed by atoms with Gasteiger partial charge in [0.15, 0.2) is 9.84 Å². The van der Waals surface area contributed by atoms with E-state index in [1.807, 2.05) is 24.3 Å². The lowest BCUT2D eigenvalue weighted by molar-refractivity contribution is -0.124. The van der Waals surface area contributed by atoms with Crippen LogP contribution in [-0.2, 0) is 19.4 Å². The number of amides is 2. The van der Waals surface area contributed by atoms with Crippen LogP contribution in [0.25, 0.3) is 6.08 Å². The molecule has 0 aromatic heterocycles. The van der Waals surface area contributed by atoms with Crippen molar-refractivity contribution in [1.29, 1.82) is 0 Å². The first kappa shape index (κ1) is 21.7. The van der Waals surface area contributed by atoms with Gasteiger partial charge < -0.3 is 5.32 Å². The maximum atomic E-state index is 12.7. The van der Waals surface area contributed by atoms with Crippen LogP contribution in [0.15, 0.2) is 40.7 Å². The van der Waals surface area contributed by atoms with Crippen LogP contribution in [0.5, 0.6) is 0 Å². The minimum absolute atomic E-state index is 0.0488. The quantitative estimate of drug-likeness (QED) is 0.530. The van der Waals surface area contributed by atoms with Gasteiger partial charge in [-0.25, -0.2) is 8.42 Å². The van der Waals surface area contributed by atoms with Gasteiger partial charge in [-0.1, -0.05) is 62.1 Å². The van der Waals surface area contributed by atoms with Crippen molar-refractivity contribution in [1.82, 2.24) is 10.2 Å². The molecule has 0 aliphatic carbocycles. The lowest BCUT2D eigenvalue weighted by Gasteiger charge is -2.15. The van der Waals surface area contributed by atoms with Gasteiger partial charge in [0.25, 0.3) is 5.91 Å². The Morgan fingerprint density at radius 3 is 2.62 bits per heavy atom. The van der Waals surface area contributed by atoms with Crippen molar-refractivity contribution in [2.45, 2.75) is 32.2 Å². The number of carbonyl (C=O) groups excluding carboxylic acids is 2. The highest BCUT2D eigenvalue weighted by molar-refractivity contribution is 8.26. The average molecular weight is 451 g/mol. The molecule has 1 aromatic carbocycles. The summed E-state index contributed by atoms with van der Waals surface area (Å²) in [5.74, 6) is -0.227. The third-order valence-corrected chi connectivity index (χ3v) is 7.39. The zero-order valence-corrected chi connectivity index (χ0v) is 18.6. The molecule has 1 aromatic rings. The molecule has 2 heterocycles. The Kier molecular flexibility index (Phi) is 6.60. The summed E-state index contributed by atoms with van der Waals surface area (Å²) in [5.41, 5.74) is 2.15. The summed E-state index contributed by atoms with van der Waals surface area (Å²) in [4.78, 5) is 26.7. The molecule has 0 saturated carbocycles. The van der Waals surface area contributed by atoms with Crippen LogP contribution in [0.4, 0.5) is 0 Å². The minimum Gasteiger partial charge on any atom is -0.349 e. The Labute approximate surface area is 180 Å². The summed E-state index contributed by atoms with van der Waals surface area (Å²) >= 11 is 6.51. The number of rotatable bonds is 6. The van der Waals surface area contributed by atoms with E-state index in [9.17, 15) is 18.0 Å². The molecule has 1 saturated heterocycles. The second kappa shape index (κ2) is 8.81. The molecule has 1 fully saturated rings. The minimum atomic E-state index is -3.23. The van der Waals surface area contributed by atoms with Gasteiger partial charge in [-0.05, 0) is 29.2 Å². The standard InChI is InChI=1S/C20H22N2O4S3/c1-13(2)15-5-3-14(4-6-15)11-17-19(24)22(20(27)28-17)9-7-18(23)21-16-8-10-29(25,26)12-16/h3-6,8,10-11,13,16H,7,9,12H2,1-2H3,(H,21,23)/b17-11-/t16-/m0/s1. The summed E-state index contributed by atoms with van der Waals surface area (Å²) in [6, 6.07) is 7.50. The maximum Gasteiger partial charge on any atom is 0.266 e. The number of benzene rings is 1. The number of nitrogens with zero attached hydrogens (tertiary/aromatic N) is 1. The number of nitrogens with one attached hydrogen (secondary N) is 1. The maximum absolute atomic E-state index is 12.7. The van der Waals surface area contributed by atoms with Gasteiger partial charge >= 0.3 is 0 Å². The molecular formula is C20H22N2O4S3. The van der Waals surface area contributed by atoms with Crippen LogP contribution in [0.2, 0.25) is 0 Å². The van der Waals surface area contributed by atoms with Gasteiger partial charge in [0, 0.05) is 18.4 Å². The molecular weight excluding hydrogens is 428 g/mol. The molecule has 0 spiro atoms. The number of thiocarbonyl (C=S) groups is 1. The summed E-state index contributed by atoms with van der Waals surface area (Å²) in [6.45, 7) is 4.40. The zero-order valence-electron chi connectivity index (χ0n) is 16.1. The van der Waals surface area contributed by atoms with Crippen molar-refractivity contribution < 1.29 is 18.0 Å². The lowest BCUT2D eigenvalue weighted by atomic mass is 10.0. The smallest absolute Gasteiger partial charge is 0.266 e. The fraction of sp³-hybridized carbons (Fsp3) is 0.350. The van der Waals surface area contributed by atoms with Gasteiger partial charge in [0.2, 0.25) is 5.91 Å². The molecule has 6 nitrogen and oxygen atoms in total. The van der Waals surface area contributed by atoms with Crippen molar-refractivity contribution in [2.75, 3.05) is 12.3 Å². The van der Waals surface area contributed by atoms with Crippen molar-refractivity contribution in [3.63, 3.8) is 0 Å². The van der Waals surface area contributed by atoms with Crippen molar-refractivity contribution >= 4 is 56.0 Å². The first-order chi connectivity index (χ1) is 13.6. The monoisotopic (exact) mass is 450 g/mol. The second-order valence-electron chi connectivity index (χ2n) is 7.24. The number of thioether (sulfide) groups is 1. The van der Waals surface area contributed by atoms with E-state index in [-0.39, 0.29) is 30.5 Å². The van der Waals surface area contributed by atoms with Crippen LogP contribution < -0.4 is 5.32 Å². The highest BCUT2D eigenvalue weighted by atomic mass is 32.2. The molecule has 0 unspecified atom stereocenters. The predicted molar refractivity (Wildman–Crippen MR) is 120 cm³/mol. The Balaban J connectivity index is 1.57. The van der Waals surface area contributed by atoms with E-state index in [0.29, 0.717) is 15.1 Å². The molecule has 29 heavy (non-hydrogen) atoms. The molecule has 1 atom stereocenters. The van der Waals surface area contributed by atoms with Crippen molar-refractivity contribution in [3.05, 3.63) is 51.8 Å². The van der Waals surface area contributed by atoms with Crippen LogP contribution in [-0.4, -0.2) is 47.8 Å². The van der Waals surface area contributed by atoms with Crippen LogP contribution in [0.1, 0.15) is 37.3 Å². The predicted octanol–water partition coefficient (Wildman–Crippen LogP) is 2.83. The highest BCUT2D eigenvalue weighted by Gasteiger charge is 2.32. The molecule has 2 amide bonds. The number of hydrogen-bond acceptors (Lipinski definition) is 6. The zero-order chi connectivity index (χ0) is 21.2. The normalized spacial score (nSPS) is 22.1. The largest absolute Gasteiger partial charge is 0.349 e. The molecule has 9 heteroatoms. The Morgan fingerprint density at radius 2 is 2.03 bits per heavy atom. The van der Waals surface area contributed by atoms with E-state index < -0.39 is 15.9 Å².